The van der Waals surface area contributed by atoms with Crippen LogP contribution in [-0.2, 0) is 21.4 Å². The number of amides is 1. The van der Waals surface area contributed by atoms with E-state index in [2.05, 4.69) is 0 Å². The van der Waals surface area contributed by atoms with Gasteiger partial charge in [0.05, 0.1) is 26.4 Å². The quantitative estimate of drug-likeness (QED) is 0.367. The van der Waals surface area contributed by atoms with Gasteiger partial charge in [0.2, 0.25) is 0 Å². The fourth-order valence-corrected chi connectivity index (χ4v) is 4.20. The number of hydrogen-bond acceptors (Lipinski definition) is 7. The first-order valence-electron chi connectivity index (χ1n) is 10.6. The predicted octanol–water partition coefficient (Wildman–Crippen LogP) is 3.90. The number of carbonyl (C=O) groups is 1. The Hall–Kier alpha value is -3.63. The Kier molecular flexibility index (Phi) is 8.67. The number of rotatable bonds is 11. The third-order valence-corrected chi connectivity index (χ3v) is 6.35. The maximum atomic E-state index is 14.2. The molecule has 3 rings (SSSR count). The SMILES string of the molecule is COCCN(Cc1ccc(OC)c(OS(=O)(=O)c2ccc(OC)cc2)c1)C(=O)c1ccccc1F. The van der Waals surface area contributed by atoms with Crippen LogP contribution in [0.25, 0.3) is 0 Å². The molecule has 186 valence electrons. The second kappa shape index (κ2) is 11.7. The van der Waals surface area contributed by atoms with Gasteiger partial charge in [0.25, 0.3) is 5.91 Å². The van der Waals surface area contributed by atoms with Crippen LogP contribution in [0.2, 0.25) is 0 Å². The van der Waals surface area contributed by atoms with Crippen LogP contribution in [0.15, 0.2) is 71.6 Å². The fourth-order valence-electron chi connectivity index (χ4n) is 3.27. The number of hydrogen-bond donors (Lipinski definition) is 0. The number of methoxy groups -OCH3 is 3. The minimum absolute atomic E-state index is 0.0501. The van der Waals surface area contributed by atoms with Gasteiger partial charge >= 0.3 is 10.1 Å². The van der Waals surface area contributed by atoms with E-state index in [0.717, 1.165) is 0 Å². The van der Waals surface area contributed by atoms with E-state index in [1.165, 1.54) is 80.8 Å². The molecule has 0 aliphatic rings. The van der Waals surface area contributed by atoms with Crippen molar-refractivity contribution in [3.63, 3.8) is 0 Å². The fraction of sp³-hybridized carbons (Fsp3) is 0.240. The molecular formula is C25H26FNO7S. The molecule has 0 saturated heterocycles. The molecule has 0 radical (unpaired) electrons. The van der Waals surface area contributed by atoms with Gasteiger partial charge in [-0.2, -0.15) is 8.42 Å². The second-order valence-electron chi connectivity index (χ2n) is 7.40. The van der Waals surface area contributed by atoms with Crippen LogP contribution in [0.3, 0.4) is 0 Å². The molecule has 0 aromatic heterocycles. The van der Waals surface area contributed by atoms with Crippen molar-refractivity contribution in [1.82, 2.24) is 4.90 Å². The maximum absolute atomic E-state index is 14.2. The van der Waals surface area contributed by atoms with Gasteiger partial charge in [-0.05, 0) is 54.1 Å². The Labute approximate surface area is 203 Å². The zero-order chi connectivity index (χ0) is 25.4. The average Bonchev–Trinajstić information content (AvgIpc) is 2.86. The lowest BCUT2D eigenvalue weighted by molar-refractivity contribution is 0.0675. The van der Waals surface area contributed by atoms with Gasteiger partial charge in [-0.3, -0.25) is 4.79 Å². The highest BCUT2D eigenvalue weighted by molar-refractivity contribution is 7.87. The monoisotopic (exact) mass is 503 g/mol. The Morgan fingerprint density at radius 2 is 1.63 bits per heavy atom. The largest absolute Gasteiger partial charge is 0.497 e. The average molecular weight is 504 g/mol. The van der Waals surface area contributed by atoms with Crippen LogP contribution in [0.1, 0.15) is 15.9 Å². The highest BCUT2D eigenvalue weighted by Gasteiger charge is 2.22. The molecule has 0 spiro atoms. The molecule has 35 heavy (non-hydrogen) atoms. The van der Waals surface area contributed by atoms with Gasteiger partial charge in [0.1, 0.15) is 16.5 Å². The normalized spacial score (nSPS) is 11.1. The van der Waals surface area contributed by atoms with E-state index in [1.807, 2.05) is 0 Å². The molecular weight excluding hydrogens is 477 g/mol. The summed E-state index contributed by atoms with van der Waals surface area (Å²) in [6.07, 6.45) is 0. The number of ether oxygens (including phenoxy) is 3. The molecule has 0 saturated carbocycles. The Morgan fingerprint density at radius 3 is 2.26 bits per heavy atom. The molecule has 0 N–H and O–H groups in total. The Morgan fingerprint density at radius 1 is 0.914 bits per heavy atom. The summed E-state index contributed by atoms with van der Waals surface area (Å²) in [4.78, 5) is 14.4. The summed E-state index contributed by atoms with van der Waals surface area (Å²) in [5, 5.41) is 0. The van der Waals surface area contributed by atoms with E-state index in [-0.39, 0.29) is 41.7 Å². The predicted molar refractivity (Wildman–Crippen MR) is 127 cm³/mol. The molecule has 3 aromatic carbocycles. The molecule has 10 heteroatoms. The Balaban J connectivity index is 1.89. The number of benzene rings is 3. The standard InChI is InChI=1S/C25H26FNO7S/c1-31-15-14-27(25(28)21-6-4-5-7-22(21)26)17-18-8-13-23(33-3)24(16-18)34-35(29,30)20-11-9-19(32-2)10-12-20/h4-13,16H,14-15,17H2,1-3H3. The molecule has 1 amide bonds. The summed E-state index contributed by atoms with van der Waals surface area (Å²) in [6, 6.07) is 16.1. The first-order chi connectivity index (χ1) is 16.8. The Bertz CT molecular complexity index is 1260. The van der Waals surface area contributed by atoms with Gasteiger partial charge < -0.3 is 23.3 Å². The van der Waals surface area contributed by atoms with Crippen molar-refractivity contribution in [3.8, 4) is 17.2 Å². The molecule has 0 fully saturated rings. The number of carbonyl (C=O) groups excluding carboxylic acids is 1. The second-order valence-corrected chi connectivity index (χ2v) is 8.94. The third kappa shape index (κ3) is 6.49. The highest BCUT2D eigenvalue weighted by Crippen LogP contribution is 2.32. The van der Waals surface area contributed by atoms with Crippen molar-refractivity contribution < 1.29 is 36.0 Å². The smallest absolute Gasteiger partial charge is 0.339 e. The lowest BCUT2D eigenvalue weighted by Crippen LogP contribution is -2.34. The summed E-state index contributed by atoms with van der Waals surface area (Å²) < 4.78 is 60.7. The maximum Gasteiger partial charge on any atom is 0.339 e. The first-order valence-corrected chi connectivity index (χ1v) is 12.0. The van der Waals surface area contributed by atoms with Crippen molar-refractivity contribution >= 4 is 16.0 Å². The summed E-state index contributed by atoms with van der Waals surface area (Å²) in [5.74, 6) is -0.520. The van der Waals surface area contributed by atoms with Crippen LogP contribution < -0.4 is 13.7 Å². The van der Waals surface area contributed by atoms with Gasteiger partial charge in [0, 0.05) is 20.2 Å². The molecule has 0 aliphatic heterocycles. The first kappa shape index (κ1) is 26.0. The van der Waals surface area contributed by atoms with Crippen molar-refractivity contribution in [2.24, 2.45) is 0 Å². The lowest BCUT2D eigenvalue weighted by Gasteiger charge is -2.23. The van der Waals surface area contributed by atoms with E-state index in [9.17, 15) is 17.6 Å². The topological polar surface area (TPSA) is 91.4 Å². The molecule has 0 heterocycles. The summed E-state index contributed by atoms with van der Waals surface area (Å²) in [5.41, 5.74) is 0.474. The van der Waals surface area contributed by atoms with E-state index in [0.29, 0.717) is 11.3 Å². The molecule has 0 unspecified atom stereocenters. The van der Waals surface area contributed by atoms with Crippen molar-refractivity contribution in [2.75, 3.05) is 34.5 Å². The minimum atomic E-state index is -4.18. The molecule has 0 atom stereocenters. The summed E-state index contributed by atoms with van der Waals surface area (Å²) >= 11 is 0. The number of halogens is 1. The van der Waals surface area contributed by atoms with Gasteiger partial charge in [-0.25, -0.2) is 4.39 Å². The van der Waals surface area contributed by atoms with Gasteiger partial charge in [0.15, 0.2) is 11.5 Å². The molecule has 8 nitrogen and oxygen atoms in total. The van der Waals surface area contributed by atoms with E-state index in [4.69, 9.17) is 18.4 Å². The van der Waals surface area contributed by atoms with E-state index < -0.39 is 21.8 Å². The lowest BCUT2D eigenvalue weighted by atomic mass is 10.1. The number of nitrogens with zero attached hydrogens (tertiary/aromatic N) is 1. The van der Waals surface area contributed by atoms with Crippen LogP contribution in [0, 0.1) is 5.82 Å². The van der Waals surface area contributed by atoms with Crippen molar-refractivity contribution in [1.29, 1.82) is 0 Å². The molecule has 0 aliphatic carbocycles. The summed E-state index contributed by atoms with van der Waals surface area (Å²) in [7, 11) is 0.173. The minimum Gasteiger partial charge on any atom is -0.497 e. The van der Waals surface area contributed by atoms with Crippen LogP contribution in [0.4, 0.5) is 4.39 Å². The van der Waals surface area contributed by atoms with Crippen molar-refractivity contribution in [2.45, 2.75) is 11.4 Å². The van der Waals surface area contributed by atoms with Crippen LogP contribution in [0.5, 0.6) is 17.2 Å². The van der Waals surface area contributed by atoms with Gasteiger partial charge in [-0.15, -0.1) is 0 Å². The third-order valence-electron chi connectivity index (χ3n) is 5.11. The molecule has 0 bridgehead atoms. The van der Waals surface area contributed by atoms with Crippen LogP contribution in [-0.4, -0.2) is 53.7 Å². The van der Waals surface area contributed by atoms with Gasteiger partial charge in [-0.1, -0.05) is 18.2 Å². The zero-order valence-corrected chi connectivity index (χ0v) is 20.4. The molecule has 3 aromatic rings. The van der Waals surface area contributed by atoms with E-state index >= 15 is 0 Å². The zero-order valence-electron chi connectivity index (χ0n) is 19.6. The van der Waals surface area contributed by atoms with Crippen LogP contribution >= 0.6 is 0 Å². The van der Waals surface area contributed by atoms with Crippen molar-refractivity contribution in [3.05, 3.63) is 83.7 Å². The highest BCUT2D eigenvalue weighted by atomic mass is 32.2. The summed E-state index contributed by atoms with van der Waals surface area (Å²) in [6.45, 7) is 0.473. The van der Waals surface area contributed by atoms with E-state index in [1.54, 1.807) is 12.1 Å².